The first-order valence-corrected chi connectivity index (χ1v) is 7.37. The fourth-order valence-electron chi connectivity index (χ4n) is 2.19. The van der Waals surface area contributed by atoms with Crippen LogP contribution in [0, 0.1) is 5.41 Å². The van der Waals surface area contributed by atoms with Crippen molar-refractivity contribution in [2.75, 3.05) is 0 Å². The Hall–Kier alpha value is -1.10. The lowest BCUT2D eigenvalue weighted by molar-refractivity contribution is -0.118. The Kier molecular flexibility index (Phi) is 4.61. The molecule has 0 fully saturated rings. The molecule has 21 heavy (non-hydrogen) atoms. The zero-order valence-corrected chi connectivity index (χ0v) is 13.7. The van der Waals surface area contributed by atoms with Gasteiger partial charge in [0.2, 0.25) is 0 Å². The Balaban J connectivity index is 2.30. The van der Waals surface area contributed by atoms with Gasteiger partial charge in [-0.15, -0.1) is 0 Å². The molecule has 0 saturated carbocycles. The summed E-state index contributed by atoms with van der Waals surface area (Å²) in [7, 11) is 0. The van der Waals surface area contributed by atoms with Crippen molar-refractivity contribution in [2.24, 2.45) is 5.41 Å². The minimum Gasteiger partial charge on any atom is -0.318 e. The lowest BCUT2D eigenvalue weighted by Gasteiger charge is -2.29. The molecule has 0 spiro atoms. The number of rotatable bonds is 2. The topological polar surface area (TPSA) is 59.1 Å². The van der Waals surface area contributed by atoms with Crippen LogP contribution in [0.4, 0.5) is 0 Å². The van der Waals surface area contributed by atoms with E-state index in [4.69, 9.17) is 34.8 Å². The molecular formula is C14H13Cl3N2O2. The fraction of sp³-hybridized carbons (Fsp3) is 0.357. The lowest BCUT2D eigenvalue weighted by atomic mass is 9.79. The van der Waals surface area contributed by atoms with Crippen molar-refractivity contribution in [3.63, 3.8) is 0 Å². The van der Waals surface area contributed by atoms with Crippen LogP contribution in [0.5, 0.6) is 0 Å². The van der Waals surface area contributed by atoms with Crippen LogP contribution in [0.15, 0.2) is 23.1 Å². The van der Waals surface area contributed by atoms with E-state index in [1.165, 1.54) is 12.4 Å². The average molecular weight is 348 g/mol. The summed E-state index contributed by atoms with van der Waals surface area (Å²) in [6, 6.07) is 0. The molecule has 0 radical (unpaired) electrons. The predicted molar refractivity (Wildman–Crippen MR) is 82.6 cm³/mol. The summed E-state index contributed by atoms with van der Waals surface area (Å²) in [5.74, 6) is -0.778. The number of pyridine rings is 1. The van der Waals surface area contributed by atoms with Crippen LogP contribution in [0.1, 0.15) is 37.0 Å². The van der Waals surface area contributed by atoms with Crippen molar-refractivity contribution in [1.29, 1.82) is 0 Å². The molecule has 1 aliphatic rings. The molecule has 0 unspecified atom stereocenters. The van der Waals surface area contributed by atoms with Gasteiger partial charge in [-0.1, -0.05) is 48.7 Å². The number of amides is 1. The summed E-state index contributed by atoms with van der Waals surface area (Å²) in [6.45, 7) is 3.89. The Bertz CT molecular complexity index is 633. The van der Waals surface area contributed by atoms with Crippen LogP contribution in [0.25, 0.3) is 0 Å². The van der Waals surface area contributed by atoms with Gasteiger partial charge in [0.15, 0.2) is 5.78 Å². The maximum absolute atomic E-state index is 12.3. The molecule has 0 atom stereocenters. The molecule has 112 valence electrons. The van der Waals surface area contributed by atoms with Crippen LogP contribution in [-0.4, -0.2) is 16.7 Å². The van der Waals surface area contributed by atoms with E-state index in [1.54, 1.807) is 0 Å². The molecule has 0 aliphatic heterocycles. The van der Waals surface area contributed by atoms with E-state index in [2.05, 4.69) is 10.3 Å². The number of carbonyl (C=O) groups is 2. The Morgan fingerprint density at radius 3 is 2.29 bits per heavy atom. The highest BCUT2D eigenvalue weighted by molar-refractivity contribution is 6.39. The second-order valence-corrected chi connectivity index (χ2v) is 6.92. The molecule has 1 amide bonds. The summed E-state index contributed by atoms with van der Waals surface area (Å²) in [6.07, 6.45) is 3.46. The monoisotopic (exact) mass is 346 g/mol. The summed E-state index contributed by atoms with van der Waals surface area (Å²) >= 11 is 18.0. The van der Waals surface area contributed by atoms with Crippen molar-refractivity contribution in [2.45, 2.75) is 26.7 Å². The third kappa shape index (κ3) is 3.57. The number of ketones is 1. The van der Waals surface area contributed by atoms with Gasteiger partial charge in [0, 0.05) is 23.8 Å². The second kappa shape index (κ2) is 5.95. The highest BCUT2D eigenvalue weighted by atomic mass is 35.5. The smallest absolute Gasteiger partial charge is 0.258 e. The van der Waals surface area contributed by atoms with E-state index in [-0.39, 0.29) is 32.5 Å². The lowest BCUT2D eigenvalue weighted by Crippen LogP contribution is -2.34. The zero-order chi connectivity index (χ0) is 15.8. The second-order valence-electron chi connectivity index (χ2n) is 5.65. The maximum atomic E-state index is 12.3. The Morgan fingerprint density at radius 2 is 1.76 bits per heavy atom. The minimum absolute atomic E-state index is 0.0722. The normalized spacial score (nSPS) is 17.9. The number of nitrogens with zero attached hydrogens (tertiary/aromatic N) is 1. The SMILES string of the molecule is CC1(C)CC(=O)C(NC(=O)c2c(Cl)cncc2Cl)=C(Cl)C1. The van der Waals surface area contributed by atoms with Gasteiger partial charge >= 0.3 is 0 Å². The van der Waals surface area contributed by atoms with E-state index in [0.29, 0.717) is 17.9 Å². The number of allylic oxidation sites excluding steroid dienone is 2. The standard InChI is InChI=1S/C14H13Cl3N2O2/c1-14(2)3-7(15)12(10(20)4-14)19-13(21)11-8(16)5-18-6-9(11)17/h5-6H,3-4H2,1-2H3,(H,19,21). The van der Waals surface area contributed by atoms with Crippen molar-refractivity contribution >= 4 is 46.5 Å². The van der Waals surface area contributed by atoms with Crippen molar-refractivity contribution in [1.82, 2.24) is 10.3 Å². The summed E-state index contributed by atoms with van der Waals surface area (Å²) in [4.78, 5) is 28.1. The van der Waals surface area contributed by atoms with Crippen LogP contribution >= 0.6 is 34.8 Å². The van der Waals surface area contributed by atoms with Crippen LogP contribution in [0.2, 0.25) is 10.0 Å². The third-order valence-electron chi connectivity index (χ3n) is 3.14. The first-order chi connectivity index (χ1) is 9.71. The molecule has 0 saturated heterocycles. The van der Waals surface area contributed by atoms with Gasteiger partial charge in [-0.2, -0.15) is 0 Å². The molecule has 7 heteroatoms. The van der Waals surface area contributed by atoms with Gasteiger partial charge in [-0.05, 0) is 11.8 Å². The van der Waals surface area contributed by atoms with Crippen molar-refractivity contribution in [3.8, 4) is 0 Å². The van der Waals surface area contributed by atoms with Gasteiger partial charge < -0.3 is 5.32 Å². The van der Waals surface area contributed by atoms with Crippen LogP contribution in [0.3, 0.4) is 0 Å². The molecule has 0 bridgehead atoms. The number of aromatic nitrogens is 1. The van der Waals surface area contributed by atoms with E-state index in [0.717, 1.165) is 0 Å². The molecule has 1 heterocycles. The first-order valence-electron chi connectivity index (χ1n) is 6.23. The Labute approximate surface area is 137 Å². The molecule has 2 rings (SSSR count). The van der Waals surface area contributed by atoms with Gasteiger partial charge in [-0.3, -0.25) is 14.6 Å². The molecule has 4 nitrogen and oxygen atoms in total. The van der Waals surface area contributed by atoms with Gasteiger partial charge in [0.25, 0.3) is 5.91 Å². The summed E-state index contributed by atoms with van der Waals surface area (Å²) in [5.41, 5.74) is -0.0261. The number of carbonyl (C=O) groups excluding carboxylic acids is 2. The van der Waals surface area contributed by atoms with E-state index in [1.807, 2.05) is 13.8 Å². The molecule has 1 N–H and O–H groups in total. The van der Waals surface area contributed by atoms with Crippen molar-refractivity contribution in [3.05, 3.63) is 38.7 Å². The highest BCUT2D eigenvalue weighted by Crippen LogP contribution is 2.37. The number of hydrogen-bond acceptors (Lipinski definition) is 3. The van der Waals surface area contributed by atoms with E-state index >= 15 is 0 Å². The predicted octanol–water partition coefficient (Wildman–Crippen LogP) is 3.96. The van der Waals surface area contributed by atoms with E-state index in [9.17, 15) is 9.59 Å². The molecule has 1 aliphatic carbocycles. The fourth-order valence-corrected chi connectivity index (χ4v) is 3.24. The third-order valence-corrected chi connectivity index (χ3v) is 4.04. The van der Waals surface area contributed by atoms with Gasteiger partial charge in [0.1, 0.15) is 0 Å². The first kappa shape index (κ1) is 16.3. The maximum Gasteiger partial charge on any atom is 0.258 e. The number of halogens is 3. The van der Waals surface area contributed by atoms with E-state index < -0.39 is 5.91 Å². The van der Waals surface area contributed by atoms with Crippen molar-refractivity contribution < 1.29 is 9.59 Å². The zero-order valence-electron chi connectivity index (χ0n) is 11.5. The number of hydrogen-bond donors (Lipinski definition) is 1. The highest BCUT2D eigenvalue weighted by Gasteiger charge is 2.33. The molecule has 1 aromatic rings. The average Bonchev–Trinajstić information content (AvgIpc) is 2.32. The quantitative estimate of drug-likeness (QED) is 0.881. The van der Waals surface area contributed by atoms with Gasteiger partial charge in [-0.25, -0.2) is 0 Å². The van der Waals surface area contributed by atoms with Gasteiger partial charge in [0.05, 0.1) is 21.3 Å². The largest absolute Gasteiger partial charge is 0.318 e. The summed E-state index contributed by atoms with van der Waals surface area (Å²) < 4.78 is 0. The minimum atomic E-state index is -0.575. The Morgan fingerprint density at radius 1 is 1.19 bits per heavy atom. The number of Topliss-reactive ketones (excluding diaryl/α,β-unsaturated/α-hetero) is 1. The molecular weight excluding hydrogens is 335 g/mol. The number of nitrogens with one attached hydrogen (secondary N) is 1. The van der Waals surface area contributed by atoms with Crippen LogP contribution < -0.4 is 5.32 Å². The molecule has 1 aromatic heterocycles. The molecule has 0 aromatic carbocycles. The summed E-state index contributed by atoms with van der Waals surface area (Å²) in [5, 5.41) is 3.08. The van der Waals surface area contributed by atoms with Crippen LogP contribution in [-0.2, 0) is 4.79 Å².